The summed E-state index contributed by atoms with van der Waals surface area (Å²) in [5, 5.41) is 7.71. The van der Waals surface area contributed by atoms with E-state index in [4.69, 9.17) is 0 Å². The zero-order valence-corrected chi connectivity index (χ0v) is 12.7. The Hall–Kier alpha value is -1.62. The number of fused-ring (bicyclic) bond motifs is 1. The van der Waals surface area contributed by atoms with Gasteiger partial charge in [0.15, 0.2) is 5.82 Å². The number of anilines is 1. The van der Waals surface area contributed by atoms with Crippen LogP contribution in [0.4, 0.5) is 5.82 Å². The highest BCUT2D eigenvalue weighted by Gasteiger charge is 2.08. The van der Waals surface area contributed by atoms with Gasteiger partial charge in [0.05, 0.1) is 6.20 Å². The highest BCUT2D eigenvalue weighted by Crippen LogP contribution is 2.14. The van der Waals surface area contributed by atoms with Gasteiger partial charge in [0.2, 0.25) is 0 Å². The average Bonchev–Trinajstić information content (AvgIpc) is 2.93. The van der Waals surface area contributed by atoms with Crippen LogP contribution in [0.2, 0.25) is 0 Å². The molecule has 0 saturated heterocycles. The molecule has 0 amide bonds. The maximum atomic E-state index is 4.41. The first-order valence-corrected chi connectivity index (χ1v) is 7.51. The molecule has 0 aromatic carbocycles. The van der Waals surface area contributed by atoms with Gasteiger partial charge in [-0.3, -0.25) is 0 Å². The van der Waals surface area contributed by atoms with Crippen molar-refractivity contribution in [2.45, 2.75) is 39.7 Å². The molecule has 0 saturated carbocycles. The van der Waals surface area contributed by atoms with Gasteiger partial charge in [0, 0.05) is 18.4 Å². The Morgan fingerprint density at radius 1 is 1.30 bits per heavy atom. The van der Waals surface area contributed by atoms with E-state index in [-0.39, 0.29) is 0 Å². The molecule has 0 bridgehead atoms. The Kier molecular flexibility index (Phi) is 5.35. The molecule has 5 nitrogen and oxygen atoms in total. The predicted octanol–water partition coefficient (Wildman–Crippen LogP) is 2.65. The summed E-state index contributed by atoms with van der Waals surface area (Å²) in [5.74, 6) is 0.917. The van der Waals surface area contributed by atoms with Gasteiger partial charge in [-0.15, -0.1) is 0 Å². The van der Waals surface area contributed by atoms with E-state index in [2.05, 4.69) is 41.1 Å². The van der Waals surface area contributed by atoms with Gasteiger partial charge in [0.25, 0.3) is 0 Å². The molecule has 2 heterocycles. The summed E-state index contributed by atoms with van der Waals surface area (Å²) in [7, 11) is 0. The third-order valence-electron chi connectivity index (χ3n) is 3.71. The monoisotopic (exact) mass is 275 g/mol. The average molecular weight is 275 g/mol. The van der Waals surface area contributed by atoms with Crippen molar-refractivity contribution in [3.8, 4) is 0 Å². The number of nitrogens with zero attached hydrogens (tertiary/aromatic N) is 4. The molecule has 0 aliphatic rings. The van der Waals surface area contributed by atoms with E-state index in [1.54, 1.807) is 12.4 Å². The number of rotatable bonds is 8. The minimum Gasteiger partial charge on any atom is -0.366 e. The predicted molar refractivity (Wildman–Crippen MR) is 83.1 cm³/mol. The van der Waals surface area contributed by atoms with Crippen LogP contribution < -0.4 is 5.32 Å². The van der Waals surface area contributed by atoms with E-state index in [0.29, 0.717) is 6.04 Å². The first-order chi connectivity index (χ1) is 9.74. The van der Waals surface area contributed by atoms with Crippen molar-refractivity contribution >= 4 is 11.3 Å². The van der Waals surface area contributed by atoms with Crippen molar-refractivity contribution < 1.29 is 0 Å². The molecule has 0 spiro atoms. The van der Waals surface area contributed by atoms with Gasteiger partial charge < -0.3 is 10.2 Å². The van der Waals surface area contributed by atoms with Crippen LogP contribution in [0.25, 0.3) is 5.52 Å². The zero-order chi connectivity index (χ0) is 14.4. The SMILES string of the molecule is CCN(CC)CCCC(C)Nc1nccn2nccc12. The van der Waals surface area contributed by atoms with Crippen molar-refractivity contribution in [1.82, 2.24) is 19.5 Å². The Bertz CT molecular complexity index is 518. The Morgan fingerprint density at radius 3 is 2.85 bits per heavy atom. The lowest BCUT2D eigenvalue weighted by molar-refractivity contribution is 0.295. The van der Waals surface area contributed by atoms with E-state index in [1.165, 1.54) is 13.0 Å². The Balaban J connectivity index is 1.85. The molecule has 1 unspecified atom stereocenters. The molecule has 2 rings (SSSR count). The maximum Gasteiger partial charge on any atom is 0.152 e. The molecule has 5 heteroatoms. The quantitative estimate of drug-likeness (QED) is 0.804. The highest BCUT2D eigenvalue weighted by atomic mass is 15.2. The second-order valence-electron chi connectivity index (χ2n) is 5.15. The van der Waals surface area contributed by atoms with E-state index in [0.717, 1.165) is 30.8 Å². The van der Waals surface area contributed by atoms with Gasteiger partial charge in [-0.25, -0.2) is 9.50 Å². The third kappa shape index (κ3) is 3.70. The molecular weight excluding hydrogens is 250 g/mol. The number of hydrogen-bond donors (Lipinski definition) is 1. The largest absolute Gasteiger partial charge is 0.366 e. The summed E-state index contributed by atoms with van der Waals surface area (Å²) >= 11 is 0. The van der Waals surface area contributed by atoms with Gasteiger partial charge >= 0.3 is 0 Å². The molecular formula is C15H25N5. The van der Waals surface area contributed by atoms with Gasteiger partial charge in [-0.2, -0.15) is 5.10 Å². The lowest BCUT2D eigenvalue weighted by atomic mass is 10.1. The topological polar surface area (TPSA) is 45.5 Å². The van der Waals surface area contributed by atoms with Crippen LogP contribution in [0.15, 0.2) is 24.7 Å². The van der Waals surface area contributed by atoms with Gasteiger partial charge in [-0.1, -0.05) is 13.8 Å². The molecule has 0 aliphatic heterocycles. The summed E-state index contributed by atoms with van der Waals surface area (Å²) < 4.78 is 1.85. The van der Waals surface area contributed by atoms with Crippen molar-refractivity contribution in [3.05, 3.63) is 24.7 Å². The van der Waals surface area contributed by atoms with E-state index in [1.807, 2.05) is 16.8 Å². The Morgan fingerprint density at radius 2 is 2.10 bits per heavy atom. The number of nitrogens with one attached hydrogen (secondary N) is 1. The van der Waals surface area contributed by atoms with Crippen molar-refractivity contribution in [2.75, 3.05) is 25.0 Å². The minimum atomic E-state index is 0.416. The van der Waals surface area contributed by atoms with Gasteiger partial charge in [-0.05, 0) is 45.5 Å². The molecule has 110 valence electrons. The summed E-state index contributed by atoms with van der Waals surface area (Å²) in [4.78, 5) is 6.87. The lowest BCUT2D eigenvalue weighted by Crippen LogP contribution is -2.25. The van der Waals surface area contributed by atoms with Crippen LogP contribution in [0.1, 0.15) is 33.6 Å². The van der Waals surface area contributed by atoms with E-state index < -0.39 is 0 Å². The lowest BCUT2D eigenvalue weighted by Gasteiger charge is -2.20. The number of hydrogen-bond acceptors (Lipinski definition) is 4. The van der Waals surface area contributed by atoms with Crippen LogP contribution in [-0.4, -0.2) is 45.2 Å². The summed E-state index contributed by atoms with van der Waals surface area (Å²) in [6.45, 7) is 10.1. The first-order valence-electron chi connectivity index (χ1n) is 7.51. The second kappa shape index (κ2) is 7.24. The summed E-state index contributed by atoms with van der Waals surface area (Å²) in [6, 6.07) is 2.40. The normalized spacial score (nSPS) is 13.0. The van der Waals surface area contributed by atoms with Gasteiger partial charge in [0.1, 0.15) is 5.52 Å². The Labute approximate surface area is 121 Å². The molecule has 0 radical (unpaired) electrons. The third-order valence-corrected chi connectivity index (χ3v) is 3.71. The van der Waals surface area contributed by atoms with Crippen LogP contribution in [0.3, 0.4) is 0 Å². The highest BCUT2D eigenvalue weighted by molar-refractivity contribution is 5.66. The molecule has 0 fully saturated rings. The molecule has 1 atom stereocenters. The molecule has 0 aliphatic carbocycles. The van der Waals surface area contributed by atoms with Crippen molar-refractivity contribution in [1.29, 1.82) is 0 Å². The van der Waals surface area contributed by atoms with Crippen molar-refractivity contribution in [3.63, 3.8) is 0 Å². The zero-order valence-electron chi connectivity index (χ0n) is 12.7. The smallest absolute Gasteiger partial charge is 0.152 e. The molecule has 1 N–H and O–H groups in total. The minimum absolute atomic E-state index is 0.416. The fourth-order valence-electron chi connectivity index (χ4n) is 2.44. The fourth-order valence-corrected chi connectivity index (χ4v) is 2.44. The van der Waals surface area contributed by atoms with Crippen LogP contribution in [0, 0.1) is 0 Å². The first kappa shape index (κ1) is 14.8. The standard InChI is InChI=1S/C15H25N5/c1-4-19(5-2)11-6-7-13(3)18-15-14-8-9-17-20(14)12-10-16-15/h8-10,12-13H,4-7,11H2,1-3H3,(H,16,18). The summed E-state index contributed by atoms with van der Waals surface area (Å²) in [5.41, 5.74) is 1.03. The summed E-state index contributed by atoms with van der Waals surface area (Å²) in [6.07, 6.45) is 7.80. The molecule has 2 aromatic heterocycles. The van der Waals surface area contributed by atoms with Crippen molar-refractivity contribution in [2.24, 2.45) is 0 Å². The fraction of sp³-hybridized carbons (Fsp3) is 0.600. The maximum absolute atomic E-state index is 4.41. The van der Waals surface area contributed by atoms with Crippen LogP contribution in [-0.2, 0) is 0 Å². The van der Waals surface area contributed by atoms with E-state index in [9.17, 15) is 0 Å². The van der Waals surface area contributed by atoms with Crippen LogP contribution >= 0.6 is 0 Å². The molecule has 20 heavy (non-hydrogen) atoms. The van der Waals surface area contributed by atoms with E-state index >= 15 is 0 Å². The second-order valence-corrected chi connectivity index (χ2v) is 5.15. The van der Waals surface area contributed by atoms with Crippen LogP contribution in [0.5, 0.6) is 0 Å². The number of aromatic nitrogens is 3. The molecule has 2 aromatic rings.